The maximum Gasteiger partial charge on any atom is 0.123 e. The van der Waals surface area contributed by atoms with Crippen LogP contribution < -0.4 is 5.32 Å². The average molecular weight is 498 g/mol. The van der Waals surface area contributed by atoms with Crippen LogP contribution in [-0.2, 0) is 9.47 Å². The molecule has 6 atom stereocenters. The van der Waals surface area contributed by atoms with Crippen molar-refractivity contribution in [3.05, 3.63) is 71.3 Å². The molecular weight excluding hydrogens is 458 g/mol. The van der Waals surface area contributed by atoms with E-state index in [1.807, 2.05) is 0 Å². The molecule has 2 bridgehead atoms. The molecule has 37 heavy (non-hydrogen) atoms. The first kappa shape index (κ1) is 23.0. The summed E-state index contributed by atoms with van der Waals surface area (Å²) in [5, 5.41) is 16.9. The largest absolute Gasteiger partial charge is 0.384 e. The van der Waals surface area contributed by atoms with E-state index in [2.05, 4.69) is 66.9 Å². The maximum absolute atomic E-state index is 10.5. The molecule has 4 fully saturated rings. The van der Waals surface area contributed by atoms with Crippen molar-refractivity contribution in [2.45, 2.75) is 87.1 Å². The lowest BCUT2D eigenvalue weighted by Gasteiger charge is -2.54. The van der Waals surface area contributed by atoms with E-state index in [1.54, 1.807) is 0 Å². The molecule has 3 aliphatic heterocycles. The van der Waals surface area contributed by atoms with E-state index in [1.165, 1.54) is 40.3 Å². The zero-order valence-corrected chi connectivity index (χ0v) is 22.0. The first-order chi connectivity index (χ1) is 17.9. The van der Waals surface area contributed by atoms with Gasteiger partial charge >= 0.3 is 0 Å². The third kappa shape index (κ3) is 3.22. The highest BCUT2D eigenvalue weighted by molar-refractivity contribution is 5.83. The molecule has 3 aliphatic carbocycles. The van der Waals surface area contributed by atoms with Crippen molar-refractivity contribution < 1.29 is 14.6 Å². The van der Waals surface area contributed by atoms with Crippen molar-refractivity contribution in [2.24, 2.45) is 11.3 Å². The first-order valence-corrected chi connectivity index (χ1v) is 14.6. The highest BCUT2D eigenvalue weighted by Gasteiger charge is 2.66. The summed E-state index contributed by atoms with van der Waals surface area (Å²) in [6, 6.07) is 16.3. The normalized spacial score (nSPS) is 41.3. The van der Waals surface area contributed by atoms with Gasteiger partial charge in [-0.3, -0.25) is 0 Å². The van der Waals surface area contributed by atoms with Gasteiger partial charge in [-0.05, 0) is 96.1 Å². The minimum Gasteiger partial charge on any atom is -0.384 e. The average Bonchev–Trinajstić information content (AvgIpc) is 3.41. The van der Waals surface area contributed by atoms with Crippen LogP contribution in [0.3, 0.4) is 0 Å². The molecule has 0 aromatic heterocycles. The molecule has 3 heterocycles. The van der Waals surface area contributed by atoms with Gasteiger partial charge in [0.2, 0.25) is 0 Å². The molecule has 0 unspecified atom stereocenters. The second kappa shape index (κ2) is 7.79. The second-order valence-electron chi connectivity index (χ2n) is 13.4. The van der Waals surface area contributed by atoms with Crippen LogP contribution in [0.15, 0.2) is 65.8 Å². The number of hydrogen-bond acceptors (Lipinski definition) is 4. The second-order valence-corrected chi connectivity index (χ2v) is 13.4. The van der Waals surface area contributed by atoms with Gasteiger partial charge in [0.05, 0.1) is 24.4 Å². The summed E-state index contributed by atoms with van der Waals surface area (Å²) in [7, 11) is 0. The van der Waals surface area contributed by atoms with E-state index < -0.39 is 5.60 Å². The van der Waals surface area contributed by atoms with Crippen LogP contribution in [0.25, 0.3) is 10.8 Å². The molecule has 194 valence electrons. The number of benzene rings is 2. The molecular formula is C33H39NO3. The van der Waals surface area contributed by atoms with Crippen molar-refractivity contribution in [1.82, 2.24) is 5.32 Å². The molecule has 2 aromatic carbocycles. The number of fused-ring (bicyclic) bond motifs is 2. The van der Waals surface area contributed by atoms with Crippen LogP contribution in [0, 0.1) is 11.3 Å². The van der Waals surface area contributed by atoms with Crippen molar-refractivity contribution in [1.29, 1.82) is 0 Å². The molecule has 0 amide bonds. The molecule has 4 nitrogen and oxygen atoms in total. The topological polar surface area (TPSA) is 50.7 Å². The Hall–Kier alpha value is -1.98. The summed E-state index contributed by atoms with van der Waals surface area (Å²) < 4.78 is 12.7. The number of allylic oxidation sites excluding steroid dienone is 1. The molecule has 2 saturated carbocycles. The lowest BCUT2D eigenvalue weighted by Crippen LogP contribution is -2.59. The van der Waals surface area contributed by atoms with E-state index in [0.29, 0.717) is 37.6 Å². The minimum absolute atomic E-state index is 0.120. The van der Waals surface area contributed by atoms with E-state index in [4.69, 9.17) is 9.47 Å². The van der Waals surface area contributed by atoms with E-state index in [0.717, 1.165) is 38.5 Å². The van der Waals surface area contributed by atoms with Crippen LogP contribution in [0.4, 0.5) is 0 Å². The summed E-state index contributed by atoms with van der Waals surface area (Å²) in [4.78, 5) is 0. The van der Waals surface area contributed by atoms with E-state index in [9.17, 15) is 5.11 Å². The molecule has 2 saturated heterocycles. The third-order valence-corrected chi connectivity index (χ3v) is 11.3. The van der Waals surface area contributed by atoms with Gasteiger partial charge in [0.15, 0.2) is 0 Å². The Morgan fingerprint density at radius 1 is 1.03 bits per heavy atom. The van der Waals surface area contributed by atoms with Gasteiger partial charge in [-0.25, -0.2) is 0 Å². The molecule has 2 aromatic rings. The Morgan fingerprint density at radius 2 is 1.89 bits per heavy atom. The first-order valence-electron chi connectivity index (χ1n) is 14.6. The van der Waals surface area contributed by atoms with Crippen LogP contribution in [0.5, 0.6) is 0 Å². The molecule has 2 N–H and O–H groups in total. The maximum atomic E-state index is 10.5. The fourth-order valence-corrected chi connectivity index (χ4v) is 9.33. The molecule has 2 spiro atoms. The molecule has 8 rings (SSSR count). The van der Waals surface area contributed by atoms with Gasteiger partial charge in [-0.15, -0.1) is 0 Å². The van der Waals surface area contributed by atoms with Crippen LogP contribution in [0.1, 0.15) is 69.8 Å². The molecule has 6 aliphatic rings. The van der Waals surface area contributed by atoms with Crippen molar-refractivity contribution in [2.75, 3.05) is 19.8 Å². The SMILES string of the molecule is C[C@]12CC=C3C=C4CC[C@@H](NCC5(O)COC5)C[C@]45CC[C@]3(O5)[C@@H]1CC[C@@H]2c1ccc2ccccc2c1. The van der Waals surface area contributed by atoms with Crippen LogP contribution >= 0.6 is 0 Å². The number of nitrogens with one attached hydrogen (secondary N) is 1. The number of rotatable bonds is 4. The Kier molecular flexibility index (Phi) is 4.83. The number of aliphatic hydroxyl groups is 1. The molecule has 0 radical (unpaired) electrons. The lowest BCUT2D eigenvalue weighted by molar-refractivity contribution is -0.177. The van der Waals surface area contributed by atoms with Crippen LogP contribution in [0.2, 0.25) is 0 Å². The monoisotopic (exact) mass is 497 g/mol. The summed E-state index contributed by atoms with van der Waals surface area (Å²) in [6.45, 7) is 4.09. The van der Waals surface area contributed by atoms with E-state index in [-0.39, 0.29) is 16.6 Å². The smallest absolute Gasteiger partial charge is 0.123 e. The highest BCUT2D eigenvalue weighted by atomic mass is 16.5. The fraction of sp³-hybridized carbons (Fsp3) is 0.576. The van der Waals surface area contributed by atoms with Crippen molar-refractivity contribution in [3.63, 3.8) is 0 Å². The quantitative estimate of drug-likeness (QED) is 0.561. The zero-order chi connectivity index (χ0) is 24.9. The van der Waals surface area contributed by atoms with Gasteiger partial charge < -0.3 is 19.9 Å². The Labute approximate surface area is 220 Å². The summed E-state index contributed by atoms with van der Waals surface area (Å²) in [6.07, 6.45) is 14.3. The highest BCUT2D eigenvalue weighted by Crippen LogP contribution is 2.69. The summed E-state index contributed by atoms with van der Waals surface area (Å²) in [5.74, 6) is 1.14. The zero-order valence-electron chi connectivity index (χ0n) is 22.0. The van der Waals surface area contributed by atoms with Gasteiger partial charge in [0, 0.05) is 12.6 Å². The fourth-order valence-electron chi connectivity index (χ4n) is 9.33. The predicted molar refractivity (Wildman–Crippen MR) is 145 cm³/mol. The van der Waals surface area contributed by atoms with E-state index >= 15 is 0 Å². The third-order valence-electron chi connectivity index (χ3n) is 11.3. The van der Waals surface area contributed by atoms with Crippen molar-refractivity contribution in [3.8, 4) is 0 Å². The van der Waals surface area contributed by atoms with Gasteiger partial charge in [0.25, 0.3) is 0 Å². The molecule has 4 heteroatoms. The number of ether oxygens (including phenoxy) is 2. The Morgan fingerprint density at radius 3 is 2.73 bits per heavy atom. The van der Waals surface area contributed by atoms with Crippen LogP contribution in [-0.4, -0.2) is 47.7 Å². The number of hydrogen-bond donors (Lipinski definition) is 2. The minimum atomic E-state index is -0.680. The lowest BCUT2D eigenvalue weighted by atomic mass is 9.58. The van der Waals surface area contributed by atoms with Crippen molar-refractivity contribution >= 4 is 10.8 Å². The van der Waals surface area contributed by atoms with Gasteiger partial charge in [-0.1, -0.05) is 61.5 Å². The summed E-state index contributed by atoms with van der Waals surface area (Å²) in [5.41, 5.74) is 3.84. The Bertz CT molecular complexity index is 1330. The van der Waals surface area contributed by atoms with Gasteiger partial charge in [0.1, 0.15) is 5.60 Å². The summed E-state index contributed by atoms with van der Waals surface area (Å²) >= 11 is 0. The van der Waals surface area contributed by atoms with Gasteiger partial charge in [-0.2, -0.15) is 0 Å². The Balaban J connectivity index is 1.09. The standard InChI is InChI=1S/C33H39NO3/c1-30-13-12-26-17-25-8-9-27(34-19-31(35)20-36-21-31)18-32(25)14-15-33(26,37-32)29(30)11-10-28(30)24-7-6-22-4-2-3-5-23(22)16-24/h2-7,12,16-17,27-29,34-35H,8-11,13-15,18-21H2,1H3/t27-,28-,29-,30-,32-,33-/m1/s1. The predicted octanol–water partition coefficient (Wildman–Crippen LogP) is 5.80.